The summed E-state index contributed by atoms with van der Waals surface area (Å²) in [5.41, 5.74) is 0.555. The van der Waals surface area contributed by atoms with Gasteiger partial charge in [-0.1, -0.05) is 18.2 Å². The highest BCUT2D eigenvalue weighted by atomic mass is 127. The molecule has 0 spiro atoms. The fourth-order valence-electron chi connectivity index (χ4n) is 2.93. The summed E-state index contributed by atoms with van der Waals surface area (Å²) in [4.78, 5) is 6.91. The second-order valence-electron chi connectivity index (χ2n) is 6.95. The Hall–Kier alpha value is -1.20. The molecule has 2 rings (SSSR count). The Labute approximate surface area is 183 Å². The average Bonchev–Trinajstić information content (AvgIpc) is 2.65. The first-order valence-electron chi connectivity index (χ1n) is 9.30. The van der Waals surface area contributed by atoms with Gasteiger partial charge in [0.15, 0.2) is 5.96 Å². The van der Waals surface area contributed by atoms with Crippen molar-refractivity contribution in [3.63, 3.8) is 0 Å². The molecule has 1 saturated heterocycles. The van der Waals surface area contributed by atoms with Crippen LogP contribution in [-0.2, 0) is 11.3 Å². The lowest BCUT2D eigenvalue weighted by atomic mass is 10.0. The second kappa shape index (κ2) is 12.4. The molecule has 160 valence electrons. The van der Waals surface area contributed by atoms with Crippen molar-refractivity contribution in [3.8, 4) is 5.75 Å². The first-order chi connectivity index (χ1) is 12.9. The van der Waals surface area contributed by atoms with Crippen LogP contribution in [0.2, 0.25) is 0 Å². The fourth-order valence-corrected chi connectivity index (χ4v) is 2.93. The van der Waals surface area contributed by atoms with Gasteiger partial charge in [0.2, 0.25) is 0 Å². The molecule has 1 fully saturated rings. The lowest BCUT2D eigenvalue weighted by molar-refractivity contribution is -0.0504. The van der Waals surface area contributed by atoms with Gasteiger partial charge in [-0.2, -0.15) is 8.78 Å². The van der Waals surface area contributed by atoms with Gasteiger partial charge < -0.3 is 20.1 Å². The number of rotatable bonds is 8. The summed E-state index contributed by atoms with van der Waals surface area (Å²) in [7, 11) is 0. The van der Waals surface area contributed by atoms with Gasteiger partial charge in [-0.15, -0.1) is 24.0 Å². The van der Waals surface area contributed by atoms with Crippen LogP contribution < -0.4 is 15.4 Å². The van der Waals surface area contributed by atoms with E-state index in [0.29, 0.717) is 24.6 Å². The van der Waals surface area contributed by atoms with Gasteiger partial charge in [-0.3, -0.25) is 4.90 Å². The lowest BCUT2D eigenvalue weighted by Crippen LogP contribution is -2.56. The van der Waals surface area contributed by atoms with Crippen molar-refractivity contribution >= 4 is 29.9 Å². The quantitative estimate of drug-likeness (QED) is 0.319. The Bertz CT molecular complexity index is 611. The third kappa shape index (κ3) is 8.04. The van der Waals surface area contributed by atoms with Crippen molar-refractivity contribution in [1.29, 1.82) is 0 Å². The predicted molar refractivity (Wildman–Crippen MR) is 118 cm³/mol. The molecule has 2 N–H and O–H groups in total. The maximum Gasteiger partial charge on any atom is 0.387 e. The monoisotopic (exact) mass is 512 g/mol. The van der Waals surface area contributed by atoms with E-state index in [2.05, 4.69) is 39.1 Å². The minimum atomic E-state index is -2.85. The Morgan fingerprint density at radius 3 is 2.57 bits per heavy atom. The molecule has 1 aliphatic rings. The molecule has 0 atom stereocenters. The van der Waals surface area contributed by atoms with E-state index < -0.39 is 6.61 Å². The highest BCUT2D eigenvalue weighted by Crippen LogP contribution is 2.21. The summed E-state index contributed by atoms with van der Waals surface area (Å²) in [5.74, 6) is 0.798. The number of para-hydroxylation sites is 1. The van der Waals surface area contributed by atoms with Crippen LogP contribution in [0.25, 0.3) is 0 Å². The van der Waals surface area contributed by atoms with Crippen molar-refractivity contribution in [2.75, 3.05) is 39.4 Å². The first kappa shape index (κ1) is 24.8. The average molecular weight is 512 g/mol. The molecule has 9 heteroatoms. The molecule has 0 radical (unpaired) electrons. The van der Waals surface area contributed by atoms with Gasteiger partial charge in [-0.05, 0) is 26.8 Å². The fraction of sp³-hybridized carbons (Fsp3) is 0.632. The Morgan fingerprint density at radius 2 is 1.93 bits per heavy atom. The number of halogens is 3. The zero-order chi connectivity index (χ0) is 19.7. The third-order valence-corrected chi connectivity index (χ3v) is 4.50. The first-order valence-corrected chi connectivity index (χ1v) is 9.30. The van der Waals surface area contributed by atoms with E-state index in [1.54, 1.807) is 18.2 Å². The Kier molecular flexibility index (Phi) is 11.0. The van der Waals surface area contributed by atoms with Gasteiger partial charge in [0.25, 0.3) is 0 Å². The van der Waals surface area contributed by atoms with E-state index >= 15 is 0 Å². The van der Waals surface area contributed by atoms with E-state index in [0.717, 1.165) is 26.3 Å². The van der Waals surface area contributed by atoms with Crippen LogP contribution in [0.3, 0.4) is 0 Å². The molecule has 1 aliphatic heterocycles. The molecule has 0 aromatic heterocycles. The van der Waals surface area contributed by atoms with Crippen LogP contribution in [-0.4, -0.2) is 62.4 Å². The molecule has 1 aromatic carbocycles. The van der Waals surface area contributed by atoms with Gasteiger partial charge in [0, 0.05) is 37.3 Å². The molecule has 6 nitrogen and oxygen atoms in total. The summed E-state index contributed by atoms with van der Waals surface area (Å²) >= 11 is 0. The maximum absolute atomic E-state index is 12.6. The van der Waals surface area contributed by atoms with Crippen molar-refractivity contribution in [2.24, 2.45) is 4.99 Å². The normalized spacial score (nSPS) is 15.9. The standard InChI is InChI=1S/C19H30F2N4O2.HI/c1-4-22-18(24-14-19(2,3)25-9-11-26-12-10-25)23-13-15-7-5-6-8-16(15)27-17(20)21;/h5-8,17H,4,9-14H2,1-3H3,(H2,22,23,24);1H. The second-order valence-corrected chi connectivity index (χ2v) is 6.95. The number of benzene rings is 1. The van der Waals surface area contributed by atoms with Crippen LogP contribution in [0.15, 0.2) is 29.3 Å². The third-order valence-electron chi connectivity index (χ3n) is 4.50. The smallest absolute Gasteiger partial charge is 0.387 e. The molecule has 1 aromatic rings. The van der Waals surface area contributed by atoms with Crippen LogP contribution in [0.5, 0.6) is 5.75 Å². The molecular weight excluding hydrogens is 481 g/mol. The van der Waals surface area contributed by atoms with Crippen molar-refractivity contribution in [2.45, 2.75) is 39.5 Å². The molecule has 1 heterocycles. The Balaban J connectivity index is 0.00000392. The number of ether oxygens (including phenoxy) is 2. The summed E-state index contributed by atoms with van der Waals surface area (Å²) in [6.45, 7) is 8.46. The van der Waals surface area contributed by atoms with E-state index in [4.69, 9.17) is 4.74 Å². The number of alkyl halides is 2. The Morgan fingerprint density at radius 1 is 1.25 bits per heavy atom. The number of morpholine rings is 1. The summed E-state index contributed by atoms with van der Waals surface area (Å²) in [6, 6.07) is 6.71. The maximum atomic E-state index is 12.6. The molecule has 0 unspecified atom stereocenters. The largest absolute Gasteiger partial charge is 0.434 e. The van der Waals surface area contributed by atoms with Crippen molar-refractivity contribution in [3.05, 3.63) is 29.8 Å². The number of aliphatic imine (C=N–C) groups is 1. The van der Waals surface area contributed by atoms with Crippen LogP contribution in [0.4, 0.5) is 8.78 Å². The molecule has 0 saturated carbocycles. The van der Waals surface area contributed by atoms with Gasteiger partial charge in [0.1, 0.15) is 5.75 Å². The highest BCUT2D eigenvalue weighted by Gasteiger charge is 2.28. The van der Waals surface area contributed by atoms with Gasteiger partial charge in [-0.25, -0.2) is 4.99 Å². The minimum absolute atomic E-state index is 0. The number of guanidine groups is 1. The van der Waals surface area contributed by atoms with E-state index in [-0.39, 0.29) is 41.8 Å². The number of nitrogens with one attached hydrogen (secondary N) is 2. The van der Waals surface area contributed by atoms with Crippen LogP contribution in [0, 0.1) is 0 Å². The number of hydrogen-bond acceptors (Lipinski definition) is 4. The SMILES string of the molecule is CCNC(=NCc1ccccc1OC(F)F)NCC(C)(C)N1CCOCC1.I. The lowest BCUT2D eigenvalue weighted by Gasteiger charge is -2.41. The summed E-state index contributed by atoms with van der Waals surface area (Å²) < 4.78 is 35.1. The molecule has 28 heavy (non-hydrogen) atoms. The van der Waals surface area contributed by atoms with Crippen LogP contribution >= 0.6 is 24.0 Å². The van der Waals surface area contributed by atoms with E-state index in [9.17, 15) is 8.78 Å². The zero-order valence-corrected chi connectivity index (χ0v) is 19.0. The van der Waals surface area contributed by atoms with Crippen molar-refractivity contribution in [1.82, 2.24) is 15.5 Å². The topological polar surface area (TPSA) is 58.1 Å². The van der Waals surface area contributed by atoms with Gasteiger partial charge >= 0.3 is 6.61 Å². The molecule has 0 aliphatic carbocycles. The molecular formula is C19H31F2IN4O2. The van der Waals surface area contributed by atoms with Crippen LogP contribution in [0.1, 0.15) is 26.3 Å². The number of nitrogens with zero attached hydrogens (tertiary/aromatic N) is 2. The molecule has 0 bridgehead atoms. The van der Waals surface area contributed by atoms with Gasteiger partial charge in [0.05, 0.1) is 19.8 Å². The minimum Gasteiger partial charge on any atom is -0.434 e. The molecule has 0 amide bonds. The predicted octanol–water partition coefficient (Wildman–Crippen LogP) is 3.07. The van der Waals surface area contributed by atoms with Crippen molar-refractivity contribution < 1.29 is 18.3 Å². The highest BCUT2D eigenvalue weighted by molar-refractivity contribution is 14.0. The number of hydrogen-bond donors (Lipinski definition) is 2. The summed E-state index contributed by atoms with van der Waals surface area (Å²) in [6.07, 6.45) is 0. The summed E-state index contributed by atoms with van der Waals surface area (Å²) in [5, 5.41) is 6.55. The zero-order valence-electron chi connectivity index (χ0n) is 16.7. The van der Waals surface area contributed by atoms with E-state index in [1.807, 2.05) is 6.92 Å². The van der Waals surface area contributed by atoms with E-state index in [1.165, 1.54) is 6.07 Å².